The largest absolute Gasteiger partial charge is 0.311 e. The Balaban J connectivity index is 1.09. The Morgan fingerprint density at radius 2 is 0.814 bits per heavy atom. The van der Waals surface area contributed by atoms with E-state index >= 15 is 0 Å². The molecule has 1 atom stereocenters. The molecule has 0 fully saturated rings. The van der Waals surface area contributed by atoms with Gasteiger partial charge in [-0.1, -0.05) is 127 Å². The third-order valence-electron chi connectivity index (χ3n) is 13.2. The summed E-state index contributed by atoms with van der Waals surface area (Å²) in [5, 5.41) is 7.51. The zero-order valence-electron chi connectivity index (χ0n) is 32.5. The SMILES string of the molecule is CC12CC=CC=C1N(c1ccccc1)c1c2ccc2c3ccccc3n(-c3ccc(-n4c5ccccc5c5ccc6c7ccccc7n(-c7ccccc7)c6c54)cc3)c12. The first-order valence-electron chi connectivity index (χ1n) is 20.6. The quantitative estimate of drug-likeness (QED) is 0.175. The number of benzene rings is 8. The average Bonchev–Trinajstić information content (AvgIpc) is 4.00. The number of hydrogen-bond acceptors (Lipinski definition) is 1. The van der Waals surface area contributed by atoms with E-state index in [0.29, 0.717) is 0 Å². The van der Waals surface area contributed by atoms with Crippen LogP contribution < -0.4 is 4.90 Å². The molecular weight excluding hydrogens is 717 g/mol. The summed E-state index contributed by atoms with van der Waals surface area (Å²) in [5.74, 6) is 0. The molecule has 11 aromatic rings. The van der Waals surface area contributed by atoms with Crippen molar-refractivity contribution in [3.05, 3.63) is 211 Å². The molecule has 0 radical (unpaired) electrons. The van der Waals surface area contributed by atoms with Gasteiger partial charge in [0, 0.05) is 66.2 Å². The first-order valence-corrected chi connectivity index (χ1v) is 20.6. The second-order valence-electron chi connectivity index (χ2n) is 16.3. The van der Waals surface area contributed by atoms with Crippen molar-refractivity contribution in [1.82, 2.24) is 13.7 Å². The molecule has 278 valence electrons. The molecule has 59 heavy (non-hydrogen) atoms. The molecule has 13 rings (SSSR count). The molecule has 0 saturated carbocycles. The summed E-state index contributed by atoms with van der Waals surface area (Å²) < 4.78 is 7.45. The van der Waals surface area contributed by atoms with E-state index in [1.165, 1.54) is 88.1 Å². The van der Waals surface area contributed by atoms with Gasteiger partial charge in [0.25, 0.3) is 0 Å². The first-order chi connectivity index (χ1) is 29.2. The Hall–Kier alpha value is -7.56. The van der Waals surface area contributed by atoms with Crippen LogP contribution in [0.2, 0.25) is 0 Å². The number of aromatic nitrogens is 3. The molecular formula is C55H38N4. The highest BCUT2D eigenvalue weighted by Gasteiger charge is 2.46. The lowest BCUT2D eigenvalue weighted by Crippen LogP contribution is -2.26. The van der Waals surface area contributed by atoms with Crippen LogP contribution in [0.15, 0.2) is 206 Å². The molecule has 0 bridgehead atoms. The van der Waals surface area contributed by atoms with Gasteiger partial charge in [0.2, 0.25) is 0 Å². The van der Waals surface area contributed by atoms with Crippen molar-refractivity contribution >= 4 is 76.8 Å². The van der Waals surface area contributed by atoms with Gasteiger partial charge < -0.3 is 18.6 Å². The zero-order chi connectivity index (χ0) is 38.8. The van der Waals surface area contributed by atoms with Gasteiger partial charge in [0.05, 0.1) is 38.8 Å². The predicted molar refractivity (Wildman–Crippen MR) is 247 cm³/mol. The molecule has 0 saturated heterocycles. The fraction of sp³-hybridized carbons (Fsp3) is 0.0545. The summed E-state index contributed by atoms with van der Waals surface area (Å²) in [6.45, 7) is 2.41. The number of allylic oxidation sites excluding steroid dienone is 4. The number of hydrogen-bond donors (Lipinski definition) is 0. The number of rotatable bonds is 4. The number of fused-ring (bicyclic) bond motifs is 14. The smallest absolute Gasteiger partial charge is 0.0788 e. The van der Waals surface area contributed by atoms with Crippen LogP contribution in [0, 0.1) is 0 Å². The molecule has 1 aliphatic carbocycles. The van der Waals surface area contributed by atoms with Gasteiger partial charge in [-0.05, 0) is 91.7 Å². The molecule has 1 aliphatic heterocycles. The summed E-state index contributed by atoms with van der Waals surface area (Å²) in [5.41, 5.74) is 15.7. The van der Waals surface area contributed by atoms with Crippen LogP contribution in [0.4, 0.5) is 11.4 Å². The topological polar surface area (TPSA) is 18.0 Å². The fourth-order valence-corrected chi connectivity index (χ4v) is 10.6. The normalized spacial score (nSPS) is 16.2. The van der Waals surface area contributed by atoms with E-state index in [2.05, 4.69) is 226 Å². The first kappa shape index (κ1) is 32.5. The zero-order valence-corrected chi connectivity index (χ0v) is 32.5. The van der Waals surface area contributed by atoms with Crippen LogP contribution in [-0.2, 0) is 5.41 Å². The molecule has 4 heterocycles. The van der Waals surface area contributed by atoms with Crippen molar-refractivity contribution in [3.63, 3.8) is 0 Å². The average molecular weight is 755 g/mol. The lowest BCUT2D eigenvalue weighted by Gasteiger charge is -2.31. The van der Waals surface area contributed by atoms with Gasteiger partial charge in [0.1, 0.15) is 0 Å². The van der Waals surface area contributed by atoms with Crippen LogP contribution in [0.3, 0.4) is 0 Å². The van der Waals surface area contributed by atoms with E-state index in [1.807, 2.05) is 0 Å². The summed E-state index contributed by atoms with van der Waals surface area (Å²) in [7, 11) is 0. The minimum atomic E-state index is -0.136. The standard InChI is InChI=1S/C55H38N4/c1-55-35-15-14-26-50(55)59(37-18-6-3-7-19-37)54-46(55)34-33-45-42-22-10-13-25-49(42)58(53(45)54)39-29-27-38(28-30-39)57-48-24-12-9-21-41(48)44-32-31-43-40-20-8-11-23-47(40)56(51(43)52(44)57)36-16-4-2-5-17-36/h2-34H,35H2,1H3. The van der Waals surface area contributed by atoms with Crippen LogP contribution in [0.5, 0.6) is 0 Å². The molecule has 4 heteroatoms. The lowest BCUT2D eigenvalue weighted by molar-refractivity contribution is 0.577. The van der Waals surface area contributed by atoms with E-state index in [0.717, 1.165) is 23.5 Å². The fourth-order valence-electron chi connectivity index (χ4n) is 10.6. The van der Waals surface area contributed by atoms with Gasteiger partial charge in [-0.25, -0.2) is 0 Å². The second-order valence-corrected chi connectivity index (χ2v) is 16.3. The van der Waals surface area contributed by atoms with Crippen molar-refractivity contribution < 1.29 is 0 Å². The third-order valence-corrected chi connectivity index (χ3v) is 13.2. The van der Waals surface area contributed by atoms with E-state index in [-0.39, 0.29) is 5.41 Å². The van der Waals surface area contributed by atoms with Crippen LogP contribution in [0.1, 0.15) is 18.9 Å². The summed E-state index contributed by atoms with van der Waals surface area (Å²) in [6.07, 6.45) is 7.84. The van der Waals surface area contributed by atoms with Crippen molar-refractivity contribution in [3.8, 4) is 17.1 Å². The number of nitrogens with zero attached hydrogens (tertiary/aromatic N) is 4. The molecule has 8 aromatic carbocycles. The maximum atomic E-state index is 2.53. The van der Waals surface area contributed by atoms with Crippen molar-refractivity contribution in [2.75, 3.05) is 4.90 Å². The Morgan fingerprint density at radius 3 is 1.36 bits per heavy atom. The van der Waals surface area contributed by atoms with Crippen molar-refractivity contribution in [1.29, 1.82) is 0 Å². The highest BCUT2D eigenvalue weighted by Crippen LogP contribution is 2.57. The Morgan fingerprint density at radius 1 is 0.390 bits per heavy atom. The predicted octanol–water partition coefficient (Wildman–Crippen LogP) is 14.2. The van der Waals surface area contributed by atoms with Crippen LogP contribution >= 0.6 is 0 Å². The van der Waals surface area contributed by atoms with Crippen LogP contribution in [0.25, 0.3) is 82.5 Å². The van der Waals surface area contributed by atoms with E-state index in [4.69, 9.17) is 0 Å². The summed E-state index contributed by atoms with van der Waals surface area (Å²) >= 11 is 0. The highest BCUT2D eigenvalue weighted by atomic mass is 15.2. The van der Waals surface area contributed by atoms with Gasteiger partial charge >= 0.3 is 0 Å². The van der Waals surface area contributed by atoms with Gasteiger partial charge in [-0.3, -0.25) is 0 Å². The summed E-state index contributed by atoms with van der Waals surface area (Å²) in [6, 6.07) is 67.0. The molecule has 1 unspecified atom stereocenters. The third kappa shape index (κ3) is 4.32. The van der Waals surface area contributed by atoms with Crippen molar-refractivity contribution in [2.24, 2.45) is 0 Å². The Labute approximate surface area is 341 Å². The highest BCUT2D eigenvalue weighted by molar-refractivity contribution is 6.24. The molecule has 2 aliphatic rings. The number of para-hydroxylation sites is 5. The van der Waals surface area contributed by atoms with E-state index in [9.17, 15) is 0 Å². The maximum Gasteiger partial charge on any atom is 0.0788 e. The van der Waals surface area contributed by atoms with E-state index < -0.39 is 0 Å². The molecule has 0 amide bonds. The minimum absolute atomic E-state index is 0.136. The number of anilines is 2. The Kier molecular flexibility index (Phi) is 6.60. The van der Waals surface area contributed by atoms with Gasteiger partial charge in [-0.15, -0.1) is 0 Å². The molecule has 0 N–H and O–H groups in total. The summed E-state index contributed by atoms with van der Waals surface area (Å²) in [4.78, 5) is 2.53. The maximum absolute atomic E-state index is 2.53. The minimum Gasteiger partial charge on any atom is -0.311 e. The molecule has 0 spiro atoms. The Bertz CT molecular complexity index is 3580. The van der Waals surface area contributed by atoms with Crippen molar-refractivity contribution in [2.45, 2.75) is 18.8 Å². The molecule has 3 aromatic heterocycles. The monoisotopic (exact) mass is 754 g/mol. The molecule has 4 nitrogen and oxygen atoms in total. The van der Waals surface area contributed by atoms with Gasteiger partial charge in [0.15, 0.2) is 0 Å². The van der Waals surface area contributed by atoms with Gasteiger partial charge in [-0.2, -0.15) is 0 Å². The lowest BCUT2D eigenvalue weighted by atomic mass is 9.76. The van der Waals surface area contributed by atoms with E-state index in [1.54, 1.807) is 0 Å². The van der Waals surface area contributed by atoms with Crippen LogP contribution in [-0.4, -0.2) is 13.7 Å². The second kappa shape index (κ2) is 12.0.